The van der Waals surface area contributed by atoms with Gasteiger partial charge in [-0.15, -0.1) is 0 Å². The molecule has 0 unspecified atom stereocenters. The van der Waals surface area contributed by atoms with Gasteiger partial charge in [0.05, 0.1) is 0 Å². The molecule has 0 bridgehead atoms. The van der Waals surface area contributed by atoms with Crippen LogP contribution in [0.15, 0.2) is 30.5 Å². The van der Waals surface area contributed by atoms with Crippen LogP contribution in [-0.4, -0.2) is 36.6 Å². The smallest absolute Gasteiger partial charge is 0.136 e. The molecule has 1 aromatic carbocycles. The molecule has 100 valence electrons. The summed E-state index contributed by atoms with van der Waals surface area (Å²) in [6.45, 7) is 3.07. The number of benzene rings is 1. The summed E-state index contributed by atoms with van der Waals surface area (Å²) in [5.41, 5.74) is 1.27. The number of pyridine rings is 1. The fourth-order valence-corrected chi connectivity index (χ4v) is 3.50. The lowest BCUT2D eigenvalue weighted by molar-refractivity contribution is 0.813. The Balaban J connectivity index is 2.07. The van der Waals surface area contributed by atoms with E-state index < -0.39 is 0 Å². The normalized spacial score (nSPS) is 15.9. The lowest BCUT2D eigenvalue weighted by Gasteiger charge is -2.28. The largest absolute Gasteiger partial charge is 0.354 e. The van der Waals surface area contributed by atoms with E-state index in [4.69, 9.17) is 4.98 Å². The van der Waals surface area contributed by atoms with Gasteiger partial charge in [-0.05, 0) is 18.0 Å². The minimum Gasteiger partial charge on any atom is -0.354 e. The highest BCUT2D eigenvalue weighted by Crippen LogP contribution is 2.28. The van der Waals surface area contributed by atoms with Crippen molar-refractivity contribution >= 4 is 28.4 Å². The molecule has 19 heavy (non-hydrogen) atoms. The molecule has 0 radical (unpaired) electrons. The van der Waals surface area contributed by atoms with Gasteiger partial charge in [0.15, 0.2) is 0 Å². The molecule has 1 fully saturated rings. The molecule has 2 heterocycles. The molecule has 0 saturated carbocycles. The monoisotopic (exact) mass is 273 g/mol. The average molecular weight is 273 g/mol. The summed E-state index contributed by atoms with van der Waals surface area (Å²) in [6, 6.07) is 8.61. The number of thioether (sulfide) groups is 1. The van der Waals surface area contributed by atoms with Crippen molar-refractivity contribution in [3.63, 3.8) is 0 Å². The Kier molecular flexibility index (Phi) is 3.89. The second-order valence-electron chi connectivity index (χ2n) is 4.78. The Morgan fingerprint density at radius 3 is 2.68 bits per heavy atom. The first kappa shape index (κ1) is 12.8. The maximum Gasteiger partial charge on any atom is 0.136 e. The minimum absolute atomic E-state index is 0.865. The molecular formula is C15H19N3S. The summed E-state index contributed by atoms with van der Waals surface area (Å²) in [5, 5.41) is 5.82. The molecule has 4 heteroatoms. The first-order valence-corrected chi connectivity index (χ1v) is 7.89. The predicted molar refractivity (Wildman–Crippen MR) is 84.0 cm³/mol. The van der Waals surface area contributed by atoms with Crippen LogP contribution in [0.4, 0.5) is 5.82 Å². The zero-order chi connectivity index (χ0) is 13.1. The van der Waals surface area contributed by atoms with E-state index in [2.05, 4.69) is 34.5 Å². The molecule has 1 aromatic heterocycles. The SMILES string of the molecule is CNCc1cnc(N2CCSCC2)c2ccccc12. The average Bonchev–Trinajstić information content (AvgIpc) is 2.49. The van der Waals surface area contributed by atoms with Crippen LogP contribution in [0.25, 0.3) is 10.8 Å². The van der Waals surface area contributed by atoms with Gasteiger partial charge in [-0.2, -0.15) is 11.8 Å². The maximum absolute atomic E-state index is 4.73. The van der Waals surface area contributed by atoms with Crippen LogP contribution in [0.3, 0.4) is 0 Å². The van der Waals surface area contributed by atoms with E-state index in [1.54, 1.807) is 0 Å². The zero-order valence-corrected chi connectivity index (χ0v) is 12.0. The first-order valence-electron chi connectivity index (χ1n) is 6.74. The highest BCUT2D eigenvalue weighted by molar-refractivity contribution is 7.99. The molecule has 0 spiro atoms. The van der Waals surface area contributed by atoms with Gasteiger partial charge in [0.25, 0.3) is 0 Å². The Morgan fingerprint density at radius 2 is 1.95 bits per heavy atom. The molecule has 0 atom stereocenters. The lowest BCUT2D eigenvalue weighted by atomic mass is 10.1. The van der Waals surface area contributed by atoms with Crippen molar-refractivity contribution in [3.8, 4) is 0 Å². The second-order valence-corrected chi connectivity index (χ2v) is 6.01. The maximum atomic E-state index is 4.73. The quantitative estimate of drug-likeness (QED) is 0.930. The third-order valence-electron chi connectivity index (χ3n) is 3.53. The van der Waals surface area contributed by atoms with E-state index in [0.717, 1.165) is 25.5 Å². The van der Waals surface area contributed by atoms with Gasteiger partial charge in [-0.25, -0.2) is 4.98 Å². The Hall–Kier alpha value is -1.26. The molecule has 0 aliphatic carbocycles. The Morgan fingerprint density at radius 1 is 1.21 bits per heavy atom. The van der Waals surface area contributed by atoms with Crippen LogP contribution in [0, 0.1) is 0 Å². The predicted octanol–water partition coefficient (Wildman–Crippen LogP) is 2.51. The van der Waals surface area contributed by atoms with Crippen LogP contribution in [-0.2, 0) is 6.54 Å². The number of hydrogen-bond donors (Lipinski definition) is 1. The molecule has 3 rings (SSSR count). The summed E-state index contributed by atoms with van der Waals surface area (Å²) < 4.78 is 0. The van der Waals surface area contributed by atoms with Crippen molar-refractivity contribution in [2.45, 2.75) is 6.54 Å². The summed E-state index contributed by atoms with van der Waals surface area (Å²) in [7, 11) is 1.98. The molecule has 1 aliphatic rings. The van der Waals surface area contributed by atoms with Gasteiger partial charge in [0.1, 0.15) is 5.82 Å². The summed E-state index contributed by atoms with van der Waals surface area (Å²) in [6.07, 6.45) is 2.02. The van der Waals surface area contributed by atoms with Crippen LogP contribution >= 0.6 is 11.8 Å². The highest BCUT2D eigenvalue weighted by atomic mass is 32.2. The van der Waals surface area contributed by atoms with Crippen molar-refractivity contribution in [2.24, 2.45) is 0 Å². The standard InChI is InChI=1S/C15H19N3S/c1-16-10-12-11-17-15(18-6-8-19-9-7-18)14-5-3-2-4-13(12)14/h2-5,11,16H,6-10H2,1H3. The van der Waals surface area contributed by atoms with Crippen molar-refractivity contribution in [3.05, 3.63) is 36.0 Å². The van der Waals surface area contributed by atoms with Crippen LogP contribution in [0.1, 0.15) is 5.56 Å². The van der Waals surface area contributed by atoms with Crippen molar-refractivity contribution in [1.29, 1.82) is 0 Å². The second kappa shape index (κ2) is 5.80. The number of hydrogen-bond acceptors (Lipinski definition) is 4. The summed E-state index contributed by atoms with van der Waals surface area (Å²) in [5.74, 6) is 3.55. The lowest BCUT2D eigenvalue weighted by Crippen LogP contribution is -2.33. The molecule has 2 aromatic rings. The fourth-order valence-electron chi connectivity index (χ4n) is 2.59. The minimum atomic E-state index is 0.865. The third kappa shape index (κ3) is 2.55. The molecule has 1 N–H and O–H groups in total. The van der Waals surface area contributed by atoms with Crippen LogP contribution in [0.2, 0.25) is 0 Å². The third-order valence-corrected chi connectivity index (χ3v) is 4.48. The van der Waals surface area contributed by atoms with Gasteiger partial charge < -0.3 is 10.2 Å². The fraction of sp³-hybridized carbons (Fsp3) is 0.400. The number of anilines is 1. The summed E-state index contributed by atoms with van der Waals surface area (Å²) >= 11 is 2.03. The van der Waals surface area contributed by atoms with E-state index in [1.165, 1.54) is 27.8 Å². The molecule has 0 amide bonds. The van der Waals surface area contributed by atoms with Gasteiger partial charge in [0.2, 0.25) is 0 Å². The number of rotatable bonds is 3. The van der Waals surface area contributed by atoms with Crippen molar-refractivity contribution in [2.75, 3.05) is 36.5 Å². The molecule has 1 aliphatic heterocycles. The zero-order valence-electron chi connectivity index (χ0n) is 11.2. The summed E-state index contributed by atoms with van der Waals surface area (Å²) in [4.78, 5) is 7.14. The number of nitrogens with zero attached hydrogens (tertiary/aromatic N) is 2. The molecular weight excluding hydrogens is 254 g/mol. The van der Waals surface area contributed by atoms with E-state index in [1.807, 2.05) is 25.0 Å². The number of fused-ring (bicyclic) bond motifs is 1. The Labute approximate surface area is 118 Å². The van der Waals surface area contributed by atoms with E-state index in [-0.39, 0.29) is 0 Å². The van der Waals surface area contributed by atoms with Crippen LogP contribution in [0.5, 0.6) is 0 Å². The van der Waals surface area contributed by atoms with E-state index in [9.17, 15) is 0 Å². The van der Waals surface area contributed by atoms with Gasteiger partial charge in [0, 0.05) is 42.7 Å². The van der Waals surface area contributed by atoms with Crippen molar-refractivity contribution in [1.82, 2.24) is 10.3 Å². The molecule has 1 saturated heterocycles. The van der Waals surface area contributed by atoms with Gasteiger partial charge >= 0.3 is 0 Å². The van der Waals surface area contributed by atoms with Gasteiger partial charge in [-0.1, -0.05) is 24.3 Å². The number of aromatic nitrogens is 1. The van der Waals surface area contributed by atoms with Crippen molar-refractivity contribution < 1.29 is 0 Å². The van der Waals surface area contributed by atoms with E-state index >= 15 is 0 Å². The van der Waals surface area contributed by atoms with Gasteiger partial charge in [-0.3, -0.25) is 0 Å². The highest BCUT2D eigenvalue weighted by Gasteiger charge is 2.16. The number of nitrogens with one attached hydrogen (secondary N) is 1. The molecule has 3 nitrogen and oxygen atoms in total. The van der Waals surface area contributed by atoms with Crippen LogP contribution < -0.4 is 10.2 Å². The van der Waals surface area contributed by atoms with E-state index in [0.29, 0.717) is 0 Å². The topological polar surface area (TPSA) is 28.2 Å². The first-order chi connectivity index (χ1) is 9.40. The Bertz CT molecular complexity index is 564.